The second-order valence-electron chi connectivity index (χ2n) is 4.15. The Morgan fingerprint density at radius 3 is 2.29 bits per heavy atom. The molecule has 0 unspecified atom stereocenters. The third-order valence-corrected chi connectivity index (χ3v) is 3.25. The SMILES string of the molecule is CC(=O)/C(=N\Nc1ccccc1)SC#Cc1ccccc1. The van der Waals surface area contributed by atoms with Crippen molar-refractivity contribution in [3.8, 4) is 11.2 Å². The molecule has 0 aliphatic heterocycles. The topological polar surface area (TPSA) is 41.5 Å². The van der Waals surface area contributed by atoms with Crippen LogP contribution in [0.5, 0.6) is 0 Å². The van der Waals surface area contributed by atoms with Crippen LogP contribution in [0.15, 0.2) is 65.8 Å². The van der Waals surface area contributed by atoms with Gasteiger partial charge in [0.15, 0.2) is 10.8 Å². The summed E-state index contributed by atoms with van der Waals surface area (Å²) in [4.78, 5) is 11.5. The van der Waals surface area contributed by atoms with Crippen LogP contribution < -0.4 is 5.43 Å². The minimum absolute atomic E-state index is 0.120. The summed E-state index contributed by atoms with van der Waals surface area (Å²) in [5, 5.41) is 7.33. The Kier molecular flexibility index (Phi) is 5.62. The average molecular weight is 294 g/mol. The summed E-state index contributed by atoms with van der Waals surface area (Å²) < 4.78 is 0. The van der Waals surface area contributed by atoms with Gasteiger partial charge in [-0.15, -0.1) is 0 Å². The first-order valence-electron chi connectivity index (χ1n) is 6.38. The summed E-state index contributed by atoms with van der Waals surface area (Å²) in [7, 11) is 0. The van der Waals surface area contributed by atoms with E-state index in [-0.39, 0.29) is 5.78 Å². The first kappa shape index (κ1) is 14.9. The Morgan fingerprint density at radius 1 is 1.05 bits per heavy atom. The third-order valence-electron chi connectivity index (χ3n) is 2.48. The fourth-order valence-electron chi connectivity index (χ4n) is 1.46. The molecule has 0 radical (unpaired) electrons. The van der Waals surface area contributed by atoms with Crippen LogP contribution in [0.4, 0.5) is 5.69 Å². The lowest BCUT2D eigenvalue weighted by molar-refractivity contribution is -0.110. The number of hydrogen-bond donors (Lipinski definition) is 1. The average Bonchev–Trinajstić information content (AvgIpc) is 2.52. The fourth-order valence-corrected chi connectivity index (χ4v) is 1.96. The lowest BCUT2D eigenvalue weighted by Crippen LogP contribution is -2.07. The van der Waals surface area contributed by atoms with Gasteiger partial charge in [0.2, 0.25) is 0 Å². The minimum Gasteiger partial charge on any atom is -0.292 e. The van der Waals surface area contributed by atoms with Crippen molar-refractivity contribution < 1.29 is 4.79 Å². The number of rotatable bonds is 3. The van der Waals surface area contributed by atoms with Crippen molar-refractivity contribution in [1.29, 1.82) is 0 Å². The second kappa shape index (κ2) is 7.93. The summed E-state index contributed by atoms with van der Waals surface area (Å²) in [6.07, 6.45) is 0. The van der Waals surface area contributed by atoms with Crippen LogP contribution in [0, 0.1) is 11.2 Å². The zero-order valence-electron chi connectivity index (χ0n) is 11.5. The number of carbonyl (C=O) groups is 1. The number of carbonyl (C=O) groups excluding carboxylic acids is 1. The van der Waals surface area contributed by atoms with E-state index in [1.165, 1.54) is 6.92 Å². The van der Waals surface area contributed by atoms with E-state index in [0.29, 0.717) is 5.04 Å². The van der Waals surface area contributed by atoms with Gasteiger partial charge in [-0.1, -0.05) is 42.3 Å². The first-order chi connectivity index (χ1) is 10.3. The molecule has 0 aromatic heterocycles. The number of ketones is 1. The van der Waals surface area contributed by atoms with Gasteiger partial charge in [0.25, 0.3) is 0 Å². The standard InChI is InChI=1S/C17H14N2OS/c1-14(20)17(19-18-16-10-6-3-7-11-16)21-13-12-15-8-4-2-5-9-15/h2-11,18H,1H3/b19-17+. The Balaban J connectivity index is 2.03. The maximum Gasteiger partial charge on any atom is 0.187 e. The third kappa shape index (κ3) is 5.17. The molecule has 0 aliphatic carbocycles. The van der Waals surface area contributed by atoms with Gasteiger partial charge >= 0.3 is 0 Å². The Bertz CT molecular complexity index is 685. The highest BCUT2D eigenvalue weighted by Gasteiger charge is 2.05. The molecule has 2 aromatic carbocycles. The molecule has 0 aliphatic rings. The minimum atomic E-state index is -0.120. The van der Waals surface area contributed by atoms with Crippen LogP contribution in [0.2, 0.25) is 0 Å². The van der Waals surface area contributed by atoms with Gasteiger partial charge in [0.05, 0.1) is 5.69 Å². The summed E-state index contributed by atoms with van der Waals surface area (Å²) in [5.74, 6) is 2.86. The molecule has 0 amide bonds. The molecule has 1 N–H and O–H groups in total. The van der Waals surface area contributed by atoms with Crippen LogP contribution in [0.3, 0.4) is 0 Å². The predicted octanol–water partition coefficient (Wildman–Crippen LogP) is 3.74. The van der Waals surface area contributed by atoms with E-state index in [0.717, 1.165) is 23.0 Å². The fraction of sp³-hybridized carbons (Fsp3) is 0.0588. The molecule has 0 fully saturated rings. The highest BCUT2D eigenvalue weighted by molar-refractivity contribution is 8.19. The molecular weight excluding hydrogens is 280 g/mol. The van der Waals surface area contributed by atoms with Crippen molar-refractivity contribution in [2.24, 2.45) is 5.10 Å². The van der Waals surface area contributed by atoms with Crippen molar-refractivity contribution in [3.05, 3.63) is 66.2 Å². The summed E-state index contributed by atoms with van der Waals surface area (Å²) >= 11 is 1.12. The molecule has 0 atom stereocenters. The van der Waals surface area contributed by atoms with E-state index in [1.807, 2.05) is 60.7 Å². The smallest absolute Gasteiger partial charge is 0.187 e. The molecule has 0 saturated carbocycles. The van der Waals surface area contributed by atoms with Gasteiger partial charge in [0, 0.05) is 12.5 Å². The van der Waals surface area contributed by atoms with Gasteiger partial charge in [-0.2, -0.15) is 5.10 Å². The van der Waals surface area contributed by atoms with Crippen molar-refractivity contribution in [2.45, 2.75) is 6.92 Å². The summed E-state index contributed by atoms with van der Waals surface area (Å²) in [6, 6.07) is 19.1. The zero-order valence-corrected chi connectivity index (χ0v) is 12.4. The van der Waals surface area contributed by atoms with E-state index in [2.05, 4.69) is 21.7 Å². The van der Waals surface area contributed by atoms with Crippen LogP contribution >= 0.6 is 11.8 Å². The number of hydrazone groups is 1. The van der Waals surface area contributed by atoms with Gasteiger partial charge in [-0.05, 0) is 41.3 Å². The molecule has 0 saturated heterocycles. The first-order valence-corrected chi connectivity index (χ1v) is 7.20. The summed E-state index contributed by atoms with van der Waals surface area (Å²) in [6.45, 7) is 1.47. The van der Waals surface area contributed by atoms with Crippen LogP contribution in [0.25, 0.3) is 0 Å². The van der Waals surface area contributed by atoms with E-state index >= 15 is 0 Å². The number of para-hydroxylation sites is 1. The molecule has 4 heteroatoms. The number of nitrogens with zero attached hydrogens (tertiary/aromatic N) is 1. The van der Waals surface area contributed by atoms with Gasteiger partial charge in [0.1, 0.15) is 0 Å². The molecule has 3 nitrogen and oxygen atoms in total. The maximum atomic E-state index is 11.5. The summed E-state index contributed by atoms with van der Waals surface area (Å²) in [5.41, 5.74) is 4.59. The zero-order chi connectivity index (χ0) is 14.9. The van der Waals surface area contributed by atoms with Crippen LogP contribution in [-0.4, -0.2) is 10.8 Å². The highest BCUT2D eigenvalue weighted by atomic mass is 32.2. The molecule has 2 aromatic rings. The van der Waals surface area contributed by atoms with Crippen molar-refractivity contribution in [2.75, 3.05) is 5.43 Å². The lowest BCUT2D eigenvalue weighted by atomic mass is 10.2. The van der Waals surface area contributed by atoms with E-state index < -0.39 is 0 Å². The van der Waals surface area contributed by atoms with Gasteiger partial charge < -0.3 is 0 Å². The molecule has 0 heterocycles. The van der Waals surface area contributed by atoms with Crippen LogP contribution in [-0.2, 0) is 4.79 Å². The molecular formula is C17H14N2OS. The number of thioether (sulfide) groups is 1. The highest BCUT2D eigenvalue weighted by Crippen LogP contribution is 2.08. The van der Waals surface area contributed by atoms with Crippen molar-refractivity contribution >= 4 is 28.3 Å². The molecule has 104 valence electrons. The Labute approximate surface area is 128 Å². The number of nitrogens with one attached hydrogen (secondary N) is 1. The predicted molar refractivity (Wildman–Crippen MR) is 89.1 cm³/mol. The molecule has 21 heavy (non-hydrogen) atoms. The number of anilines is 1. The van der Waals surface area contributed by atoms with E-state index in [9.17, 15) is 4.79 Å². The lowest BCUT2D eigenvalue weighted by Gasteiger charge is -2.01. The number of benzene rings is 2. The van der Waals surface area contributed by atoms with Gasteiger partial charge in [-0.25, -0.2) is 0 Å². The largest absolute Gasteiger partial charge is 0.292 e. The van der Waals surface area contributed by atoms with E-state index in [1.54, 1.807) is 0 Å². The molecule has 2 rings (SSSR count). The molecule has 0 bridgehead atoms. The quantitative estimate of drug-likeness (QED) is 0.406. The molecule has 0 spiro atoms. The van der Waals surface area contributed by atoms with Crippen LogP contribution in [0.1, 0.15) is 12.5 Å². The Hall–Kier alpha value is -2.51. The van der Waals surface area contributed by atoms with Gasteiger partial charge in [-0.3, -0.25) is 10.2 Å². The number of hydrogen-bond acceptors (Lipinski definition) is 4. The maximum absolute atomic E-state index is 11.5. The second-order valence-corrected chi connectivity index (χ2v) is 4.94. The number of Topliss-reactive ketones (excluding diaryl/α,β-unsaturated/α-hetero) is 1. The normalized spacial score (nSPS) is 10.4. The Morgan fingerprint density at radius 2 is 1.67 bits per heavy atom. The van der Waals surface area contributed by atoms with Crippen molar-refractivity contribution in [1.82, 2.24) is 0 Å². The van der Waals surface area contributed by atoms with E-state index in [4.69, 9.17) is 0 Å². The van der Waals surface area contributed by atoms with Crippen molar-refractivity contribution in [3.63, 3.8) is 0 Å². The monoisotopic (exact) mass is 294 g/mol.